The van der Waals surface area contributed by atoms with Crippen molar-refractivity contribution in [3.8, 4) is 17.4 Å². The van der Waals surface area contributed by atoms with Crippen LogP contribution < -0.4 is 14.4 Å². The first-order chi connectivity index (χ1) is 17.9. The molecule has 37 heavy (non-hydrogen) atoms. The molecule has 10 nitrogen and oxygen atoms in total. The Hall–Kier alpha value is -4.64. The second-order valence-electron chi connectivity index (χ2n) is 8.34. The average Bonchev–Trinajstić information content (AvgIpc) is 3.66. The van der Waals surface area contributed by atoms with Crippen LogP contribution in [-0.4, -0.2) is 38.2 Å². The van der Waals surface area contributed by atoms with Gasteiger partial charge in [-0.15, -0.1) is 5.10 Å². The molecule has 1 aliphatic heterocycles. The predicted molar refractivity (Wildman–Crippen MR) is 135 cm³/mol. The minimum atomic E-state index is -3.76. The number of fused-ring (bicyclic) bond motifs is 2. The summed E-state index contributed by atoms with van der Waals surface area (Å²) in [6.07, 6.45) is 0.656. The summed E-state index contributed by atoms with van der Waals surface area (Å²) in [7, 11) is -2.21. The molecule has 0 atom stereocenters. The van der Waals surface area contributed by atoms with Crippen molar-refractivity contribution in [1.29, 1.82) is 0 Å². The van der Waals surface area contributed by atoms with Crippen molar-refractivity contribution in [1.82, 2.24) is 10.2 Å². The second kappa shape index (κ2) is 8.79. The van der Waals surface area contributed by atoms with Crippen LogP contribution in [0.3, 0.4) is 0 Å². The van der Waals surface area contributed by atoms with Gasteiger partial charge < -0.3 is 13.6 Å². The lowest BCUT2D eigenvalue weighted by atomic mass is 10.2. The summed E-state index contributed by atoms with van der Waals surface area (Å²) in [4.78, 5) is 12.8. The Morgan fingerprint density at radius 1 is 1.00 bits per heavy atom. The van der Waals surface area contributed by atoms with Gasteiger partial charge in [0, 0.05) is 17.5 Å². The fraction of sp³-hybridized carbons (Fsp3) is 0.115. The molecule has 0 aliphatic carbocycles. The number of para-hydroxylation sites is 2. The number of rotatable bonds is 6. The average molecular weight is 517 g/mol. The number of nitrogens with zero attached hydrogens (tertiary/aromatic N) is 3. The summed E-state index contributed by atoms with van der Waals surface area (Å²) in [5.41, 5.74) is 2.44. The predicted octanol–water partition coefficient (Wildman–Crippen LogP) is 4.50. The van der Waals surface area contributed by atoms with E-state index in [0.29, 0.717) is 35.7 Å². The molecule has 3 heterocycles. The van der Waals surface area contributed by atoms with Crippen molar-refractivity contribution >= 4 is 38.6 Å². The maximum atomic E-state index is 13.2. The highest BCUT2D eigenvalue weighted by Crippen LogP contribution is 2.34. The number of hydrogen-bond acceptors (Lipinski definition) is 8. The Balaban J connectivity index is 1.18. The van der Waals surface area contributed by atoms with E-state index >= 15 is 0 Å². The number of carbonyl (C=O) groups is 1. The summed E-state index contributed by atoms with van der Waals surface area (Å²) < 4.78 is 44.4. The van der Waals surface area contributed by atoms with Crippen LogP contribution in [-0.2, 0) is 16.4 Å². The van der Waals surface area contributed by atoms with E-state index < -0.39 is 15.9 Å². The van der Waals surface area contributed by atoms with E-state index in [1.165, 1.54) is 28.6 Å². The van der Waals surface area contributed by atoms with Crippen LogP contribution in [0.5, 0.6) is 5.75 Å². The number of aromatic nitrogens is 2. The van der Waals surface area contributed by atoms with E-state index in [0.717, 1.165) is 10.9 Å². The molecule has 1 amide bonds. The van der Waals surface area contributed by atoms with Gasteiger partial charge >= 0.3 is 6.01 Å². The van der Waals surface area contributed by atoms with Gasteiger partial charge in [-0.1, -0.05) is 35.4 Å². The van der Waals surface area contributed by atoms with Crippen molar-refractivity contribution in [3.63, 3.8) is 0 Å². The number of anilines is 2. The van der Waals surface area contributed by atoms with E-state index in [4.69, 9.17) is 13.6 Å². The molecule has 0 fully saturated rings. The molecular weight excluding hydrogens is 496 g/mol. The topological polar surface area (TPSA) is 128 Å². The maximum absolute atomic E-state index is 13.2. The Labute approximate surface area is 211 Å². The third kappa shape index (κ3) is 3.99. The van der Waals surface area contributed by atoms with E-state index in [9.17, 15) is 13.2 Å². The lowest BCUT2D eigenvalue weighted by molar-refractivity contribution is 0.102. The van der Waals surface area contributed by atoms with Crippen LogP contribution in [0, 0.1) is 0 Å². The number of ether oxygens (including phenoxy) is 1. The van der Waals surface area contributed by atoms with Gasteiger partial charge in [0.1, 0.15) is 0 Å². The smallest absolute Gasteiger partial charge is 0.322 e. The van der Waals surface area contributed by atoms with Crippen LogP contribution in [0.4, 0.5) is 11.7 Å². The van der Waals surface area contributed by atoms with Gasteiger partial charge in [0.25, 0.3) is 21.8 Å². The first-order valence-corrected chi connectivity index (χ1v) is 12.8. The van der Waals surface area contributed by atoms with E-state index in [-0.39, 0.29) is 22.4 Å². The van der Waals surface area contributed by atoms with Crippen LogP contribution in [0.25, 0.3) is 22.6 Å². The maximum Gasteiger partial charge on any atom is 0.322 e. The number of furan rings is 1. The molecule has 186 valence electrons. The Morgan fingerprint density at radius 2 is 1.81 bits per heavy atom. The molecule has 0 spiro atoms. The van der Waals surface area contributed by atoms with Crippen molar-refractivity contribution in [2.45, 2.75) is 11.3 Å². The zero-order valence-electron chi connectivity index (χ0n) is 19.5. The highest BCUT2D eigenvalue weighted by atomic mass is 32.2. The molecule has 5 aromatic rings. The van der Waals surface area contributed by atoms with Crippen molar-refractivity contribution in [2.24, 2.45) is 0 Å². The monoisotopic (exact) mass is 516 g/mol. The molecule has 0 unspecified atom stereocenters. The second-order valence-corrected chi connectivity index (χ2v) is 10.2. The van der Waals surface area contributed by atoms with Crippen LogP contribution in [0.1, 0.15) is 15.9 Å². The molecule has 11 heteroatoms. The molecule has 2 aromatic heterocycles. The Kier molecular flexibility index (Phi) is 5.41. The zero-order chi connectivity index (χ0) is 25.6. The Bertz CT molecular complexity index is 1740. The molecule has 3 aromatic carbocycles. The SMILES string of the molecule is COc1cccc2cc(-c3nnc(NC(=O)c4ccc(S(=O)(=O)N5CCc6ccccc65)cc4)o3)oc12. The van der Waals surface area contributed by atoms with E-state index in [1.54, 1.807) is 25.3 Å². The van der Waals surface area contributed by atoms with E-state index in [1.807, 2.05) is 30.3 Å². The standard InChI is InChI=1S/C26H20N4O6S/c1-34-21-8-4-6-18-15-22(35-23(18)21)25-28-29-26(36-25)27-24(31)17-9-11-19(12-10-17)37(32,33)30-14-13-16-5-2-3-7-20(16)30/h2-12,15H,13-14H2,1H3,(H,27,29,31). The molecule has 0 bridgehead atoms. The van der Waals surface area contributed by atoms with Gasteiger partial charge in [-0.05, 0) is 54.4 Å². The number of benzene rings is 3. The van der Waals surface area contributed by atoms with Gasteiger partial charge in [0.15, 0.2) is 17.1 Å². The normalized spacial score (nSPS) is 13.1. The summed E-state index contributed by atoms with van der Waals surface area (Å²) in [5.74, 6) is 0.444. The van der Waals surface area contributed by atoms with Crippen molar-refractivity contribution in [2.75, 3.05) is 23.3 Å². The molecule has 0 radical (unpaired) electrons. The summed E-state index contributed by atoms with van der Waals surface area (Å²) in [6, 6.07) is 20.2. The highest BCUT2D eigenvalue weighted by molar-refractivity contribution is 7.92. The largest absolute Gasteiger partial charge is 0.493 e. The summed E-state index contributed by atoms with van der Waals surface area (Å²) >= 11 is 0. The first-order valence-electron chi connectivity index (χ1n) is 11.4. The molecule has 1 N–H and O–H groups in total. The van der Waals surface area contributed by atoms with Crippen molar-refractivity contribution < 1.29 is 26.8 Å². The van der Waals surface area contributed by atoms with Gasteiger partial charge in [-0.2, -0.15) is 0 Å². The van der Waals surface area contributed by atoms with E-state index in [2.05, 4.69) is 15.5 Å². The number of amides is 1. The lowest BCUT2D eigenvalue weighted by Crippen LogP contribution is -2.29. The fourth-order valence-corrected chi connectivity index (χ4v) is 5.81. The Morgan fingerprint density at radius 3 is 2.62 bits per heavy atom. The van der Waals surface area contributed by atoms with Crippen molar-refractivity contribution in [3.05, 3.63) is 83.9 Å². The lowest BCUT2D eigenvalue weighted by Gasteiger charge is -2.19. The van der Waals surface area contributed by atoms with Gasteiger partial charge in [0.2, 0.25) is 0 Å². The first kappa shape index (κ1) is 22.8. The molecule has 1 aliphatic rings. The summed E-state index contributed by atoms with van der Waals surface area (Å²) in [5, 5.41) is 11.1. The molecule has 0 saturated heterocycles. The molecule has 6 rings (SSSR count). The minimum Gasteiger partial charge on any atom is -0.493 e. The third-order valence-electron chi connectivity index (χ3n) is 6.13. The number of methoxy groups -OCH3 is 1. The third-order valence-corrected chi connectivity index (χ3v) is 7.96. The summed E-state index contributed by atoms with van der Waals surface area (Å²) in [6.45, 7) is 0.376. The molecular formula is C26H20N4O6S. The highest BCUT2D eigenvalue weighted by Gasteiger charge is 2.30. The molecule has 0 saturated carbocycles. The number of nitrogens with one attached hydrogen (secondary N) is 1. The quantitative estimate of drug-likeness (QED) is 0.350. The van der Waals surface area contributed by atoms with Gasteiger partial charge in [0.05, 0.1) is 17.7 Å². The van der Waals surface area contributed by atoms with Crippen LogP contribution >= 0.6 is 0 Å². The number of sulfonamides is 1. The minimum absolute atomic E-state index is 0.0842. The van der Waals surface area contributed by atoms with Crippen LogP contribution in [0.2, 0.25) is 0 Å². The number of hydrogen-bond donors (Lipinski definition) is 1. The van der Waals surface area contributed by atoms with Crippen LogP contribution in [0.15, 0.2) is 86.5 Å². The van der Waals surface area contributed by atoms with Gasteiger partial charge in [-0.25, -0.2) is 8.42 Å². The zero-order valence-corrected chi connectivity index (χ0v) is 20.4. The number of carbonyl (C=O) groups excluding carboxylic acids is 1. The fourth-order valence-electron chi connectivity index (χ4n) is 4.31. The van der Waals surface area contributed by atoms with Gasteiger partial charge in [-0.3, -0.25) is 14.4 Å².